The van der Waals surface area contributed by atoms with Gasteiger partial charge in [-0.15, -0.1) is 0 Å². The smallest absolute Gasteiger partial charge is 0 e. The van der Waals surface area contributed by atoms with Gasteiger partial charge in [0.2, 0.25) is 0 Å². The molecule has 0 rings (SSSR count). The normalized spacial score (nSPS) is 2.40. The van der Waals surface area contributed by atoms with Crippen molar-refractivity contribution in [2.45, 2.75) is 0 Å². The summed E-state index contributed by atoms with van der Waals surface area (Å²) in [5.41, 5.74) is 0. The molecule has 0 atom stereocenters. The van der Waals surface area contributed by atoms with Gasteiger partial charge in [-0.3, -0.25) is 0 Å². The fourth-order valence-corrected chi connectivity index (χ4v) is 0. The van der Waals surface area contributed by atoms with Crippen LogP contribution in [0.5, 0.6) is 0 Å². The molecule has 0 unspecified atom stereocenters. The molecule has 0 spiro atoms. The summed E-state index contributed by atoms with van der Waals surface area (Å²) in [4.78, 5) is 8.24. The first kappa shape index (κ1) is 16.8. The van der Waals surface area contributed by atoms with E-state index in [9.17, 15) is 0 Å². The van der Waals surface area contributed by atoms with E-state index in [0.717, 1.165) is 0 Å². The second-order valence-corrected chi connectivity index (χ2v) is 0.0913. The molecule has 1 N–H and O–H groups in total. The van der Waals surface area contributed by atoms with Crippen molar-refractivity contribution < 1.29 is 28.5 Å². The first-order chi connectivity index (χ1) is 1.41. The van der Waals surface area contributed by atoms with Crippen molar-refractivity contribution in [1.29, 1.82) is 0 Å². The molecule has 2 nitrogen and oxygen atoms in total. The third-order valence-corrected chi connectivity index (χ3v) is 0. The van der Waals surface area contributed by atoms with Crippen LogP contribution in [-0.4, -0.2) is 37.8 Å². The quantitative estimate of drug-likeness (QED) is 0.433. The molecule has 0 fully saturated rings. The summed E-state index contributed by atoms with van der Waals surface area (Å²) in [5, 5.41) is 6.76. The van der Waals surface area contributed by atoms with Crippen molar-refractivity contribution in [3.8, 4) is 0 Å². The van der Waals surface area contributed by atoms with E-state index in [4.69, 9.17) is 9.90 Å². The molecule has 0 aliphatic heterocycles. The van der Waals surface area contributed by atoms with E-state index >= 15 is 0 Å². The maximum Gasteiger partial charge on any atom is 0 e. The predicted octanol–water partition coefficient (Wildman–Crippen LogP) is -1.57. The molecule has 0 aliphatic carbocycles. The minimum absolute atomic E-state index is 0. The van der Waals surface area contributed by atoms with Gasteiger partial charge in [0.05, 0.1) is 0 Å². The maximum atomic E-state index is 8.24. The summed E-state index contributed by atoms with van der Waals surface area (Å²) in [6, 6.07) is 0. The molecule has 0 aromatic heterocycles. The summed E-state index contributed by atoms with van der Waals surface area (Å²) < 4.78 is 0. The zero-order chi connectivity index (χ0) is 2.71. The van der Waals surface area contributed by atoms with E-state index in [1.165, 1.54) is 0 Å². The Bertz CT molecular complexity index is 17.1. The van der Waals surface area contributed by atoms with Crippen molar-refractivity contribution in [3.63, 3.8) is 0 Å². The Labute approximate surface area is 61.0 Å². The SMILES string of the molecule is O=[C-]O.[BiH3].[V]. The molecular weight excluding hydrogens is 304 g/mol. The van der Waals surface area contributed by atoms with Crippen LogP contribution in [0.2, 0.25) is 0 Å². The van der Waals surface area contributed by atoms with Crippen LogP contribution in [0.3, 0.4) is 0 Å². The molecule has 0 heterocycles. The van der Waals surface area contributed by atoms with Gasteiger partial charge in [0.15, 0.2) is 0 Å². The Morgan fingerprint density at radius 3 is 1.60 bits per heavy atom. The van der Waals surface area contributed by atoms with Crippen LogP contribution in [-0.2, 0) is 23.4 Å². The Morgan fingerprint density at radius 1 is 1.60 bits per heavy atom. The Hall–Kier alpha value is 0.938. The van der Waals surface area contributed by atoms with Crippen molar-refractivity contribution >= 4 is 32.7 Å². The van der Waals surface area contributed by atoms with Crippen LogP contribution in [0.1, 0.15) is 0 Å². The van der Waals surface area contributed by atoms with E-state index in [2.05, 4.69) is 0 Å². The van der Waals surface area contributed by atoms with E-state index in [1.54, 1.807) is 0 Å². The first-order valence-electron chi connectivity index (χ1n) is 0.428. The average Bonchev–Trinajstić information content (AvgIpc) is 0.918. The second-order valence-electron chi connectivity index (χ2n) is 0.0913. The number of rotatable bonds is 0. The monoisotopic (exact) mass is 308 g/mol. The first-order valence-corrected chi connectivity index (χ1v) is 0.428. The molecule has 0 amide bonds. The fraction of sp³-hybridized carbons (Fsp3) is 0. The van der Waals surface area contributed by atoms with E-state index in [-0.39, 0.29) is 44.8 Å². The van der Waals surface area contributed by atoms with Gasteiger partial charge in [-0.2, -0.15) is 0 Å². The average molecular weight is 308 g/mol. The van der Waals surface area contributed by atoms with Gasteiger partial charge in [-0.25, -0.2) is 0 Å². The fourth-order valence-electron chi connectivity index (χ4n) is 0. The molecule has 4 heteroatoms. The van der Waals surface area contributed by atoms with Crippen LogP contribution in [0.15, 0.2) is 0 Å². The minimum Gasteiger partial charge on any atom is 0 e. The largest absolute Gasteiger partial charge is 0 e. The summed E-state index contributed by atoms with van der Waals surface area (Å²) in [7, 11) is 0. The predicted molar refractivity (Wildman–Crippen MR) is 18.3 cm³/mol. The molecular formula is CH4BiO2V-. The van der Waals surface area contributed by atoms with Crippen molar-refractivity contribution in [1.82, 2.24) is 0 Å². The second kappa shape index (κ2) is 20.4. The van der Waals surface area contributed by atoms with Gasteiger partial charge in [0.1, 0.15) is 0 Å². The summed E-state index contributed by atoms with van der Waals surface area (Å²) in [6.07, 6.45) is 0. The third kappa shape index (κ3) is 48.5. The maximum absolute atomic E-state index is 8.24. The number of hydrogen-bond donors (Lipinski definition) is 1. The molecule has 0 aromatic rings. The van der Waals surface area contributed by atoms with Crippen molar-refractivity contribution in [2.75, 3.05) is 0 Å². The molecule has 0 bridgehead atoms. The number of hydrogen-bond acceptors (Lipinski definition) is 1. The van der Waals surface area contributed by atoms with Gasteiger partial charge in [0, 0.05) is 18.6 Å². The van der Waals surface area contributed by atoms with Crippen molar-refractivity contribution in [2.24, 2.45) is 0 Å². The van der Waals surface area contributed by atoms with Gasteiger partial charge in [-0.05, 0) is 0 Å². The zero-order valence-electron chi connectivity index (χ0n) is 2.51. The summed E-state index contributed by atoms with van der Waals surface area (Å²) >= 11 is 0. The molecule has 1 radical (unpaired) electrons. The Balaban J connectivity index is -0.0000000200. The Morgan fingerprint density at radius 2 is 1.60 bits per heavy atom. The van der Waals surface area contributed by atoms with Gasteiger partial charge < -0.3 is 9.90 Å². The molecule has 0 aliphatic rings. The molecule has 0 saturated heterocycles. The topological polar surface area (TPSA) is 37.3 Å². The molecule has 31 valence electrons. The van der Waals surface area contributed by atoms with Crippen LogP contribution >= 0.6 is 0 Å². The van der Waals surface area contributed by atoms with Gasteiger partial charge in [0.25, 0.3) is 0 Å². The summed E-state index contributed by atoms with van der Waals surface area (Å²) in [5.74, 6) is 0. The number of aliphatic hydroxyl groups excluding tert-OH is 1. The van der Waals surface area contributed by atoms with E-state index in [1.807, 2.05) is 0 Å². The van der Waals surface area contributed by atoms with E-state index in [0.29, 0.717) is 6.47 Å². The third-order valence-electron chi connectivity index (χ3n) is 0. The minimum atomic E-state index is 0. The van der Waals surface area contributed by atoms with Crippen LogP contribution < -0.4 is 0 Å². The van der Waals surface area contributed by atoms with Gasteiger partial charge in [-0.1, -0.05) is 6.47 Å². The zero-order valence-corrected chi connectivity index (χ0v) is 9.40. The van der Waals surface area contributed by atoms with Crippen molar-refractivity contribution in [3.05, 3.63) is 0 Å². The molecule has 0 aromatic carbocycles. The Kier molecular flexibility index (Phi) is 68.4. The molecule has 5 heavy (non-hydrogen) atoms. The van der Waals surface area contributed by atoms with Gasteiger partial charge >= 0.3 is 26.2 Å². The standard InChI is InChI=1S/CHO2.Bi.V.3H/c2-1-3;;;;;/h(H,2,3);;;;;/q-1;;;;;. The summed E-state index contributed by atoms with van der Waals surface area (Å²) in [6.45, 7) is 0.500. The van der Waals surface area contributed by atoms with Crippen LogP contribution in [0.25, 0.3) is 0 Å². The molecule has 0 saturated carbocycles. The van der Waals surface area contributed by atoms with Crippen LogP contribution in [0, 0.1) is 0 Å². The van der Waals surface area contributed by atoms with E-state index < -0.39 is 0 Å². The van der Waals surface area contributed by atoms with Crippen LogP contribution in [0.4, 0.5) is 0 Å².